The molecular formula is C19H27N5. The minimum absolute atomic E-state index is 0.477. The third kappa shape index (κ3) is 2.92. The standard InChI is InChI=1S/C19H27N5/c1-13(2)19-20-6-7-23(19)10-15-11-24(12-15)18-9-16-8-14(3)4-5-17(16)21-22-18/h6-7,9,13-15H,4-5,8,10-12H2,1-3H3. The highest BCUT2D eigenvalue weighted by Crippen LogP contribution is 2.29. The van der Waals surface area contributed by atoms with E-state index >= 15 is 0 Å². The number of aryl methyl sites for hydroxylation is 1. The molecule has 1 atom stereocenters. The van der Waals surface area contributed by atoms with Gasteiger partial charge in [0.15, 0.2) is 5.82 Å². The zero-order chi connectivity index (χ0) is 16.7. The molecule has 0 aromatic carbocycles. The van der Waals surface area contributed by atoms with Crippen LogP contribution >= 0.6 is 0 Å². The number of fused-ring (bicyclic) bond motifs is 1. The quantitative estimate of drug-likeness (QED) is 0.867. The molecule has 0 N–H and O–H groups in total. The van der Waals surface area contributed by atoms with Gasteiger partial charge in [0, 0.05) is 43.9 Å². The molecule has 0 radical (unpaired) electrons. The van der Waals surface area contributed by atoms with Crippen molar-refractivity contribution in [2.45, 2.75) is 52.5 Å². The lowest BCUT2D eigenvalue weighted by atomic mass is 9.88. The third-order valence-corrected chi connectivity index (χ3v) is 5.39. The molecule has 1 fully saturated rings. The second-order valence-corrected chi connectivity index (χ2v) is 7.89. The molecule has 5 nitrogen and oxygen atoms in total. The van der Waals surface area contributed by atoms with Gasteiger partial charge in [0.05, 0.1) is 5.69 Å². The monoisotopic (exact) mass is 325 g/mol. The van der Waals surface area contributed by atoms with E-state index in [4.69, 9.17) is 0 Å². The van der Waals surface area contributed by atoms with Gasteiger partial charge in [0.1, 0.15) is 5.82 Å². The first-order valence-corrected chi connectivity index (χ1v) is 9.21. The molecule has 0 saturated carbocycles. The Balaban J connectivity index is 1.39. The number of anilines is 1. The van der Waals surface area contributed by atoms with Crippen LogP contribution in [0.3, 0.4) is 0 Å². The fourth-order valence-corrected chi connectivity index (χ4v) is 3.97. The minimum atomic E-state index is 0.477. The molecule has 24 heavy (non-hydrogen) atoms. The molecule has 2 aromatic heterocycles. The lowest BCUT2D eigenvalue weighted by Crippen LogP contribution is -2.49. The van der Waals surface area contributed by atoms with Crippen LogP contribution in [0.2, 0.25) is 0 Å². The number of hydrogen-bond acceptors (Lipinski definition) is 4. The van der Waals surface area contributed by atoms with Crippen LogP contribution in [0.1, 0.15) is 50.2 Å². The summed E-state index contributed by atoms with van der Waals surface area (Å²) in [5.74, 6) is 4.18. The van der Waals surface area contributed by atoms with Crippen molar-refractivity contribution in [2.75, 3.05) is 18.0 Å². The SMILES string of the molecule is CC1CCc2nnc(N3CC(Cn4ccnc4C(C)C)C3)cc2C1. The predicted octanol–water partition coefficient (Wildman–Crippen LogP) is 3.06. The van der Waals surface area contributed by atoms with E-state index in [1.165, 1.54) is 23.5 Å². The Morgan fingerprint density at radius 3 is 2.88 bits per heavy atom. The molecule has 1 aliphatic heterocycles. The van der Waals surface area contributed by atoms with Crippen molar-refractivity contribution in [2.24, 2.45) is 11.8 Å². The highest BCUT2D eigenvalue weighted by Gasteiger charge is 2.30. The molecule has 0 bridgehead atoms. The molecule has 1 unspecified atom stereocenters. The van der Waals surface area contributed by atoms with Crippen molar-refractivity contribution in [3.63, 3.8) is 0 Å². The highest BCUT2D eigenvalue weighted by molar-refractivity contribution is 5.44. The van der Waals surface area contributed by atoms with Gasteiger partial charge in [-0.05, 0) is 36.8 Å². The van der Waals surface area contributed by atoms with Crippen LogP contribution in [0.15, 0.2) is 18.5 Å². The Labute approximate surface area is 144 Å². The Bertz CT molecular complexity index is 714. The summed E-state index contributed by atoms with van der Waals surface area (Å²) in [4.78, 5) is 6.85. The van der Waals surface area contributed by atoms with Gasteiger partial charge in [0.2, 0.25) is 0 Å². The summed E-state index contributed by atoms with van der Waals surface area (Å²) >= 11 is 0. The number of nitrogens with zero attached hydrogens (tertiary/aromatic N) is 5. The number of rotatable bonds is 4. The summed E-state index contributed by atoms with van der Waals surface area (Å²) in [6, 6.07) is 2.28. The van der Waals surface area contributed by atoms with Crippen LogP contribution < -0.4 is 4.90 Å². The Morgan fingerprint density at radius 2 is 2.08 bits per heavy atom. The lowest BCUT2D eigenvalue weighted by molar-refractivity contribution is 0.347. The van der Waals surface area contributed by atoms with Gasteiger partial charge in [-0.3, -0.25) is 0 Å². The van der Waals surface area contributed by atoms with Gasteiger partial charge >= 0.3 is 0 Å². The van der Waals surface area contributed by atoms with E-state index in [2.05, 4.69) is 57.7 Å². The summed E-state index contributed by atoms with van der Waals surface area (Å²) in [6.45, 7) is 9.93. The van der Waals surface area contributed by atoms with Crippen molar-refractivity contribution in [1.82, 2.24) is 19.7 Å². The molecule has 1 saturated heterocycles. The van der Waals surface area contributed by atoms with E-state index in [0.717, 1.165) is 44.2 Å². The molecule has 0 spiro atoms. The van der Waals surface area contributed by atoms with Gasteiger partial charge in [-0.25, -0.2) is 4.98 Å². The zero-order valence-corrected chi connectivity index (χ0v) is 14.9. The van der Waals surface area contributed by atoms with Gasteiger partial charge in [0.25, 0.3) is 0 Å². The van der Waals surface area contributed by atoms with Crippen LogP contribution in [0, 0.1) is 11.8 Å². The van der Waals surface area contributed by atoms with E-state index in [1.54, 1.807) is 0 Å². The van der Waals surface area contributed by atoms with E-state index in [1.807, 2.05) is 6.20 Å². The summed E-state index contributed by atoms with van der Waals surface area (Å²) in [5.41, 5.74) is 2.63. The van der Waals surface area contributed by atoms with Gasteiger partial charge < -0.3 is 9.47 Å². The Kier molecular flexibility index (Phi) is 4.02. The van der Waals surface area contributed by atoms with Gasteiger partial charge in [-0.15, -0.1) is 5.10 Å². The van der Waals surface area contributed by atoms with Crippen molar-refractivity contribution in [3.8, 4) is 0 Å². The first-order chi connectivity index (χ1) is 11.6. The molecule has 5 heteroatoms. The van der Waals surface area contributed by atoms with E-state index < -0.39 is 0 Å². The van der Waals surface area contributed by atoms with Crippen molar-refractivity contribution in [3.05, 3.63) is 35.5 Å². The largest absolute Gasteiger partial charge is 0.354 e. The summed E-state index contributed by atoms with van der Waals surface area (Å²) < 4.78 is 2.31. The Hall–Kier alpha value is -1.91. The number of hydrogen-bond donors (Lipinski definition) is 0. The lowest BCUT2D eigenvalue weighted by Gasteiger charge is -2.40. The second-order valence-electron chi connectivity index (χ2n) is 7.89. The smallest absolute Gasteiger partial charge is 0.151 e. The number of aromatic nitrogens is 4. The highest BCUT2D eigenvalue weighted by atomic mass is 15.3. The molecular weight excluding hydrogens is 298 g/mol. The maximum atomic E-state index is 4.49. The zero-order valence-electron chi connectivity index (χ0n) is 14.9. The summed E-state index contributed by atoms with van der Waals surface area (Å²) in [5, 5.41) is 8.96. The maximum Gasteiger partial charge on any atom is 0.151 e. The fraction of sp³-hybridized carbons (Fsp3) is 0.632. The van der Waals surface area contributed by atoms with Crippen LogP contribution in [0.25, 0.3) is 0 Å². The van der Waals surface area contributed by atoms with Crippen LogP contribution in [-0.2, 0) is 19.4 Å². The first kappa shape index (κ1) is 15.6. The Morgan fingerprint density at radius 1 is 1.25 bits per heavy atom. The fourth-order valence-electron chi connectivity index (χ4n) is 3.97. The van der Waals surface area contributed by atoms with Crippen molar-refractivity contribution in [1.29, 1.82) is 0 Å². The molecule has 2 aromatic rings. The third-order valence-electron chi connectivity index (χ3n) is 5.39. The first-order valence-electron chi connectivity index (χ1n) is 9.21. The van der Waals surface area contributed by atoms with E-state index in [-0.39, 0.29) is 0 Å². The maximum absolute atomic E-state index is 4.49. The second kappa shape index (κ2) is 6.19. The summed E-state index contributed by atoms with van der Waals surface area (Å²) in [6.07, 6.45) is 7.52. The predicted molar refractivity (Wildman–Crippen MR) is 95.2 cm³/mol. The molecule has 3 heterocycles. The molecule has 2 aliphatic rings. The molecule has 0 amide bonds. The number of imidazole rings is 1. The van der Waals surface area contributed by atoms with Gasteiger partial charge in [-0.2, -0.15) is 5.10 Å². The molecule has 1 aliphatic carbocycles. The molecule has 4 rings (SSSR count). The minimum Gasteiger partial charge on any atom is -0.354 e. The van der Waals surface area contributed by atoms with Crippen molar-refractivity contribution >= 4 is 5.82 Å². The van der Waals surface area contributed by atoms with Crippen molar-refractivity contribution < 1.29 is 0 Å². The molecule has 128 valence electrons. The van der Waals surface area contributed by atoms with E-state index in [9.17, 15) is 0 Å². The van der Waals surface area contributed by atoms with Crippen LogP contribution in [-0.4, -0.2) is 32.8 Å². The average molecular weight is 325 g/mol. The summed E-state index contributed by atoms with van der Waals surface area (Å²) in [7, 11) is 0. The topological polar surface area (TPSA) is 46.8 Å². The normalized spacial score (nSPS) is 21.0. The van der Waals surface area contributed by atoms with Crippen LogP contribution in [0.5, 0.6) is 0 Å². The average Bonchev–Trinajstić information content (AvgIpc) is 2.98. The van der Waals surface area contributed by atoms with E-state index in [0.29, 0.717) is 11.8 Å². The van der Waals surface area contributed by atoms with Gasteiger partial charge in [-0.1, -0.05) is 20.8 Å². The van der Waals surface area contributed by atoms with Crippen LogP contribution in [0.4, 0.5) is 5.82 Å².